The van der Waals surface area contributed by atoms with Crippen LogP contribution in [0.15, 0.2) is 27.9 Å². The summed E-state index contributed by atoms with van der Waals surface area (Å²) in [5, 5.41) is 1.37. The molecule has 1 atom stereocenters. The highest BCUT2D eigenvalue weighted by molar-refractivity contribution is 7.93. The van der Waals surface area contributed by atoms with Crippen molar-refractivity contribution in [2.45, 2.75) is 77.0 Å². The zero-order valence-electron chi connectivity index (χ0n) is 22.9. The van der Waals surface area contributed by atoms with Crippen molar-refractivity contribution in [1.82, 2.24) is 9.88 Å². The summed E-state index contributed by atoms with van der Waals surface area (Å²) in [6.07, 6.45) is -0.968. The molecule has 210 valence electrons. The fourth-order valence-corrected chi connectivity index (χ4v) is 5.98. The molecule has 1 aliphatic heterocycles. The average Bonchev–Trinajstić information content (AvgIpc) is 3.44. The molecule has 2 aromatic rings. The molecule has 0 saturated carbocycles. The Morgan fingerprint density at radius 2 is 1.76 bits per heavy atom. The van der Waals surface area contributed by atoms with Crippen LogP contribution in [0.1, 0.15) is 53.5 Å². The summed E-state index contributed by atoms with van der Waals surface area (Å²) in [6.45, 7) is 12.7. The Kier molecular flexibility index (Phi) is 8.32. The largest absolute Gasteiger partial charge is 0.444 e. The number of halogens is 1. The van der Waals surface area contributed by atoms with Gasteiger partial charge in [-0.2, -0.15) is 0 Å². The molecular weight excluding hydrogens is 535 g/mol. The van der Waals surface area contributed by atoms with E-state index in [1.807, 2.05) is 4.90 Å². The van der Waals surface area contributed by atoms with Crippen molar-refractivity contribution >= 4 is 45.1 Å². The molecule has 0 aliphatic carbocycles. The Labute approximate surface area is 227 Å². The van der Waals surface area contributed by atoms with Crippen LogP contribution in [0.3, 0.4) is 0 Å². The van der Waals surface area contributed by atoms with Crippen LogP contribution in [-0.2, 0) is 19.5 Å². The van der Waals surface area contributed by atoms with E-state index >= 15 is 4.39 Å². The molecule has 1 saturated heterocycles. The highest BCUT2D eigenvalue weighted by atomic mass is 32.2. The van der Waals surface area contributed by atoms with Crippen molar-refractivity contribution in [1.29, 1.82) is 0 Å². The van der Waals surface area contributed by atoms with Gasteiger partial charge in [-0.05, 0) is 72.6 Å². The van der Waals surface area contributed by atoms with Crippen molar-refractivity contribution in [3.63, 3.8) is 0 Å². The maximum Gasteiger partial charge on any atom is 0.430 e. The number of ether oxygens (including phenoxy) is 2. The lowest BCUT2D eigenvalue weighted by atomic mass is 10.1. The van der Waals surface area contributed by atoms with Crippen LogP contribution in [0, 0.1) is 12.7 Å². The number of nitrogens with zero attached hydrogens (tertiary/aromatic N) is 4. The number of likely N-dealkylation sites (tertiary alicyclic amines) is 1. The van der Waals surface area contributed by atoms with Gasteiger partial charge in [-0.15, -0.1) is 15.6 Å². The lowest BCUT2D eigenvalue weighted by Gasteiger charge is -2.30. The van der Waals surface area contributed by atoms with Crippen LogP contribution >= 0.6 is 11.3 Å². The summed E-state index contributed by atoms with van der Waals surface area (Å²) in [7, 11) is -2.94. The zero-order chi connectivity index (χ0) is 28.6. The minimum absolute atomic E-state index is 0.128. The topological polar surface area (TPSA) is 109 Å². The summed E-state index contributed by atoms with van der Waals surface area (Å²) >= 11 is 1.09. The fraction of sp³-hybridized carbons (Fsp3) is 0.560. The second-order valence-electron chi connectivity index (χ2n) is 11.1. The number of hydrogen-bond donors (Lipinski definition) is 0. The number of carbonyl (C=O) groups excluding carboxylic acids is 2. The zero-order valence-corrected chi connectivity index (χ0v) is 24.6. The first kappa shape index (κ1) is 29.6. The monoisotopic (exact) mass is 570 g/mol. The summed E-state index contributed by atoms with van der Waals surface area (Å²) in [5.74, 6) is -1.21. The van der Waals surface area contributed by atoms with Gasteiger partial charge >= 0.3 is 12.2 Å². The maximum atomic E-state index is 15.5. The number of carbonyl (C=O) groups is 2. The van der Waals surface area contributed by atoms with Crippen LogP contribution in [0.25, 0.3) is 0 Å². The van der Waals surface area contributed by atoms with E-state index in [1.54, 1.807) is 60.4 Å². The summed E-state index contributed by atoms with van der Waals surface area (Å²) < 4.78 is 53.8. The molecule has 0 N–H and O–H groups in total. The van der Waals surface area contributed by atoms with Crippen molar-refractivity contribution in [3.05, 3.63) is 34.4 Å². The van der Waals surface area contributed by atoms with Gasteiger partial charge in [0, 0.05) is 37.2 Å². The van der Waals surface area contributed by atoms with E-state index in [0.29, 0.717) is 35.1 Å². The number of rotatable bonds is 5. The number of benzene rings is 1. The number of aryl methyl sites for hydroxylation is 1. The summed E-state index contributed by atoms with van der Waals surface area (Å²) in [5.41, 5.74) is 0.703. The Hall–Kier alpha value is -2.93. The van der Waals surface area contributed by atoms with E-state index < -0.39 is 44.1 Å². The Balaban J connectivity index is 1.90. The first-order valence-corrected chi connectivity index (χ1v) is 14.5. The van der Waals surface area contributed by atoms with Crippen LogP contribution in [0.5, 0.6) is 0 Å². The highest BCUT2D eigenvalue weighted by Gasteiger charge is 2.39. The van der Waals surface area contributed by atoms with E-state index in [2.05, 4.69) is 4.98 Å². The molecule has 0 radical (unpaired) electrons. The molecule has 1 aromatic heterocycles. The predicted octanol–water partition coefficient (Wildman–Crippen LogP) is 5.17. The first-order chi connectivity index (χ1) is 17.4. The van der Waals surface area contributed by atoms with Crippen LogP contribution in [-0.4, -0.2) is 67.9 Å². The van der Waals surface area contributed by atoms with Crippen molar-refractivity contribution < 1.29 is 31.9 Å². The van der Waals surface area contributed by atoms with Gasteiger partial charge in [0.1, 0.15) is 21.9 Å². The van der Waals surface area contributed by atoms with Gasteiger partial charge in [-0.3, -0.25) is 0 Å². The van der Waals surface area contributed by atoms with Gasteiger partial charge in [0.2, 0.25) is 0 Å². The molecule has 3 rings (SSSR count). The van der Waals surface area contributed by atoms with Gasteiger partial charge in [0.05, 0.1) is 5.51 Å². The molecule has 2 heterocycles. The molecule has 1 fully saturated rings. The smallest absolute Gasteiger partial charge is 0.430 e. The van der Waals surface area contributed by atoms with E-state index in [0.717, 1.165) is 17.4 Å². The number of amides is 2. The number of anilines is 2. The minimum atomic E-state index is -4.71. The Morgan fingerprint density at radius 3 is 2.32 bits per heavy atom. The Bertz CT molecular complexity index is 1290. The predicted molar refractivity (Wildman–Crippen MR) is 144 cm³/mol. The highest BCUT2D eigenvalue weighted by Crippen LogP contribution is 2.33. The summed E-state index contributed by atoms with van der Waals surface area (Å²) in [6, 6.07) is 2.20. The SMILES string of the molecule is Cc1cc(S(=O)(=O)N(C(=O)OC(C)(C)C)c2cscn2)c(F)cc1N(C)[C@H]1CCN(C(=O)OC(C)(C)C)C1. The van der Waals surface area contributed by atoms with E-state index in [-0.39, 0.29) is 11.9 Å². The number of likely N-dealkylation sites (N-methyl/N-ethyl adjacent to an activating group) is 1. The van der Waals surface area contributed by atoms with E-state index in [9.17, 15) is 18.0 Å². The molecule has 1 aliphatic rings. The van der Waals surface area contributed by atoms with Crippen LogP contribution < -0.4 is 9.21 Å². The number of sulfonamides is 1. The molecule has 0 unspecified atom stereocenters. The van der Waals surface area contributed by atoms with E-state index in [4.69, 9.17) is 9.47 Å². The van der Waals surface area contributed by atoms with Crippen molar-refractivity contribution in [3.8, 4) is 0 Å². The second-order valence-corrected chi connectivity index (χ2v) is 13.6. The number of aromatic nitrogens is 1. The van der Waals surface area contributed by atoms with Gasteiger partial charge in [-0.1, -0.05) is 0 Å². The molecule has 0 bridgehead atoms. The molecule has 13 heteroatoms. The minimum Gasteiger partial charge on any atom is -0.444 e. The average molecular weight is 571 g/mol. The third-order valence-electron chi connectivity index (χ3n) is 5.70. The fourth-order valence-electron chi connectivity index (χ4n) is 3.99. The Morgan fingerprint density at radius 1 is 1.13 bits per heavy atom. The molecular formula is C25H35FN4O6S2. The third-order valence-corrected chi connectivity index (χ3v) is 7.96. The first-order valence-electron chi connectivity index (χ1n) is 12.1. The number of thiazole rings is 1. The van der Waals surface area contributed by atoms with Crippen LogP contribution in [0.2, 0.25) is 0 Å². The molecule has 2 amide bonds. The van der Waals surface area contributed by atoms with Gasteiger partial charge in [0.15, 0.2) is 5.82 Å². The molecule has 10 nitrogen and oxygen atoms in total. The molecule has 38 heavy (non-hydrogen) atoms. The lowest BCUT2D eigenvalue weighted by molar-refractivity contribution is 0.0292. The third kappa shape index (κ3) is 6.73. The summed E-state index contributed by atoms with van der Waals surface area (Å²) in [4.78, 5) is 32.1. The van der Waals surface area contributed by atoms with Gasteiger partial charge < -0.3 is 19.3 Å². The normalized spacial score (nSPS) is 16.3. The molecule has 1 aromatic carbocycles. The van der Waals surface area contributed by atoms with Crippen LogP contribution in [0.4, 0.5) is 25.5 Å². The van der Waals surface area contributed by atoms with E-state index in [1.165, 1.54) is 17.0 Å². The molecule has 0 spiro atoms. The second kappa shape index (κ2) is 10.7. The quantitative estimate of drug-likeness (QED) is 0.485. The van der Waals surface area contributed by atoms with Gasteiger partial charge in [0.25, 0.3) is 10.0 Å². The van der Waals surface area contributed by atoms with Crippen molar-refractivity contribution in [2.24, 2.45) is 0 Å². The van der Waals surface area contributed by atoms with Gasteiger partial charge in [-0.25, -0.2) is 27.4 Å². The standard InChI is InChI=1S/C25H35FN4O6S2/c1-16-11-20(38(33,34)30(21-14-37-15-27-21)23(32)36-25(5,6)7)18(26)12-19(16)28(8)17-9-10-29(13-17)22(31)35-24(2,3)4/h11-12,14-15,17H,9-10,13H2,1-8H3/t17-/m0/s1. The number of hydrogen-bond acceptors (Lipinski definition) is 9. The van der Waals surface area contributed by atoms with Crippen molar-refractivity contribution in [2.75, 3.05) is 29.3 Å². The lowest BCUT2D eigenvalue weighted by Crippen LogP contribution is -2.41. The maximum absolute atomic E-state index is 15.5.